The van der Waals surface area contributed by atoms with Crippen LogP contribution in [0, 0.1) is 0 Å². The van der Waals surface area contributed by atoms with Gasteiger partial charge in [-0.2, -0.15) is 0 Å². The van der Waals surface area contributed by atoms with E-state index in [1.54, 1.807) is 6.07 Å². The summed E-state index contributed by atoms with van der Waals surface area (Å²) in [7, 11) is 0. The Balaban J connectivity index is 1.25. The molecule has 0 spiro atoms. The quantitative estimate of drug-likeness (QED) is 0.192. The number of hydrogen-bond donors (Lipinski definition) is 1. The predicted molar refractivity (Wildman–Crippen MR) is 227 cm³/mol. The summed E-state index contributed by atoms with van der Waals surface area (Å²) in [5.41, 5.74) is 14.1. The first-order valence-corrected chi connectivity index (χ1v) is 18.9. The highest BCUT2D eigenvalue weighted by Gasteiger charge is 2.24. The fourth-order valence-corrected chi connectivity index (χ4v) is 7.55. The maximum Gasteiger partial charge on any atom is 0.144 e. The van der Waals surface area contributed by atoms with Gasteiger partial charge >= 0.3 is 0 Å². The number of fused-ring (bicyclic) bond motifs is 4. The van der Waals surface area contributed by atoms with Crippen molar-refractivity contribution in [2.24, 2.45) is 0 Å². The van der Waals surface area contributed by atoms with Crippen LogP contribution < -0.4 is 0 Å². The number of hydrogen-bond acceptors (Lipinski definition) is 4. The number of benzene rings is 5. The molecule has 0 radical (unpaired) electrons. The van der Waals surface area contributed by atoms with Gasteiger partial charge in [-0.3, -0.25) is 4.40 Å². The van der Waals surface area contributed by atoms with E-state index in [0.717, 1.165) is 72.5 Å². The van der Waals surface area contributed by atoms with Gasteiger partial charge in [0, 0.05) is 39.2 Å². The Morgan fingerprint density at radius 1 is 0.527 bits per heavy atom. The van der Waals surface area contributed by atoms with Crippen LogP contribution in [0.1, 0.15) is 52.7 Å². The second kappa shape index (κ2) is 12.8. The first-order chi connectivity index (χ1) is 26.4. The minimum atomic E-state index is -0.0424. The van der Waals surface area contributed by atoms with Crippen LogP contribution in [0.2, 0.25) is 0 Å². The van der Waals surface area contributed by atoms with E-state index in [2.05, 4.69) is 131 Å². The van der Waals surface area contributed by atoms with Crippen LogP contribution >= 0.6 is 0 Å². The lowest BCUT2D eigenvalue weighted by Gasteiger charge is -2.26. The maximum atomic E-state index is 11.1. The molecule has 0 atom stereocenters. The molecule has 0 saturated carbocycles. The van der Waals surface area contributed by atoms with Crippen molar-refractivity contribution >= 4 is 27.6 Å². The third-order valence-electron chi connectivity index (χ3n) is 10.6. The monoisotopic (exact) mass is 717 g/mol. The summed E-state index contributed by atoms with van der Waals surface area (Å²) >= 11 is 0. The number of phenols is 1. The van der Waals surface area contributed by atoms with Crippen molar-refractivity contribution in [2.75, 3.05) is 0 Å². The van der Waals surface area contributed by atoms with E-state index in [1.165, 1.54) is 11.1 Å². The number of phenolic OH excluding ortho intramolecular Hbond substituents is 1. The molecule has 9 aromatic rings. The molecule has 4 aromatic heterocycles. The second-order valence-electron chi connectivity index (χ2n) is 16.5. The predicted octanol–water partition coefficient (Wildman–Crippen LogP) is 13.3. The van der Waals surface area contributed by atoms with Crippen molar-refractivity contribution in [2.45, 2.75) is 52.4 Å². The minimum absolute atomic E-state index is 0.0424. The summed E-state index contributed by atoms with van der Waals surface area (Å²) in [6, 6.07) is 47.7. The van der Waals surface area contributed by atoms with Gasteiger partial charge in [-0.1, -0.05) is 126 Å². The lowest BCUT2D eigenvalue weighted by Crippen LogP contribution is -2.16. The van der Waals surface area contributed by atoms with Crippen molar-refractivity contribution < 1.29 is 9.52 Å². The Bertz CT molecular complexity index is 2880. The molecule has 9 rings (SSSR count). The van der Waals surface area contributed by atoms with E-state index in [9.17, 15) is 5.11 Å². The number of aromatic nitrogens is 3. The highest BCUT2D eigenvalue weighted by molar-refractivity contribution is 6.10. The summed E-state index contributed by atoms with van der Waals surface area (Å²) < 4.78 is 8.69. The van der Waals surface area contributed by atoms with Gasteiger partial charge in [0.2, 0.25) is 0 Å². The summed E-state index contributed by atoms with van der Waals surface area (Å²) in [6.45, 7) is 13.6. The molecule has 0 aliphatic rings. The zero-order chi connectivity index (χ0) is 38.1. The van der Waals surface area contributed by atoms with Crippen LogP contribution in [0.15, 0.2) is 150 Å². The van der Waals surface area contributed by atoms with Gasteiger partial charge in [0.1, 0.15) is 22.6 Å². The number of aromatic hydroxyl groups is 1. The first kappa shape index (κ1) is 34.3. The van der Waals surface area contributed by atoms with Crippen LogP contribution in [0.25, 0.3) is 83.7 Å². The average molecular weight is 718 g/mol. The van der Waals surface area contributed by atoms with E-state index in [1.807, 2.05) is 54.6 Å². The Morgan fingerprint density at radius 3 is 1.95 bits per heavy atom. The minimum Gasteiger partial charge on any atom is -0.507 e. The molecular weight excluding hydrogens is 675 g/mol. The summed E-state index contributed by atoms with van der Waals surface area (Å²) in [5.74, 6) is 0.194. The Labute approximate surface area is 321 Å². The number of para-hydroxylation sites is 3. The van der Waals surface area contributed by atoms with E-state index in [0.29, 0.717) is 11.3 Å². The highest BCUT2D eigenvalue weighted by atomic mass is 16.3. The van der Waals surface area contributed by atoms with E-state index in [-0.39, 0.29) is 16.6 Å². The van der Waals surface area contributed by atoms with Crippen molar-refractivity contribution in [3.05, 3.63) is 157 Å². The van der Waals surface area contributed by atoms with Gasteiger partial charge in [0.05, 0.1) is 22.8 Å². The molecule has 0 saturated heterocycles. The summed E-state index contributed by atoms with van der Waals surface area (Å²) in [5, 5.41) is 13.2. The first-order valence-electron chi connectivity index (χ1n) is 18.9. The van der Waals surface area contributed by atoms with Gasteiger partial charge < -0.3 is 9.52 Å². The third kappa shape index (κ3) is 6.16. The van der Waals surface area contributed by atoms with Gasteiger partial charge in [-0.15, -0.1) is 0 Å². The lowest BCUT2D eigenvalue weighted by atomic mass is 9.79. The van der Waals surface area contributed by atoms with Crippen LogP contribution in [-0.4, -0.2) is 19.5 Å². The van der Waals surface area contributed by atoms with Gasteiger partial charge in [0.25, 0.3) is 0 Å². The Morgan fingerprint density at radius 2 is 1.16 bits per heavy atom. The SMILES string of the molecule is CC(C)(C)c1cc(-c2cc(-c3cccc(-c4nc5ccccn5c4-c4cccc5c4oc4ccccc45)c3)nc(-c3ccccc3O)c2)cc(C(C)(C)C)c1. The number of rotatable bonds is 5. The molecule has 5 nitrogen and oxygen atoms in total. The smallest absolute Gasteiger partial charge is 0.144 e. The molecule has 5 aromatic carbocycles. The van der Waals surface area contributed by atoms with Crippen LogP contribution in [0.5, 0.6) is 5.75 Å². The number of imidazole rings is 1. The van der Waals surface area contributed by atoms with E-state index in [4.69, 9.17) is 14.4 Å². The molecule has 270 valence electrons. The van der Waals surface area contributed by atoms with Crippen LogP contribution in [0.3, 0.4) is 0 Å². The average Bonchev–Trinajstić information content (AvgIpc) is 3.76. The van der Waals surface area contributed by atoms with Crippen LogP contribution in [0.4, 0.5) is 0 Å². The molecule has 0 amide bonds. The largest absolute Gasteiger partial charge is 0.507 e. The van der Waals surface area contributed by atoms with Gasteiger partial charge in [-0.25, -0.2) is 9.97 Å². The number of pyridine rings is 2. The highest BCUT2D eigenvalue weighted by Crippen LogP contribution is 2.42. The molecule has 0 aliphatic heterocycles. The van der Waals surface area contributed by atoms with E-state index >= 15 is 0 Å². The van der Waals surface area contributed by atoms with Gasteiger partial charge in [0.15, 0.2) is 0 Å². The second-order valence-corrected chi connectivity index (χ2v) is 16.5. The van der Waals surface area contributed by atoms with Crippen molar-refractivity contribution in [3.8, 4) is 61.9 Å². The third-order valence-corrected chi connectivity index (χ3v) is 10.6. The standard InChI is InChI=1S/C50H43N3O2/c1-49(2,3)35-26-33(27-36(30-35)50(4,5)6)34-28-41(51-42(29-34)39-18-7-9-21-43(39)54)31-15-13-16-32(25-31)46-47(53-24-12-11-23-45(53)52-46)40-20-14-19-38-37-17-8-10-22-44(37)55-48(38)40/h7-30,54H,1-6H3. The molecule has 4 heterocycles. The number of nitrogens with zero attached hydrogens (tertiary/aromatic N) is 3. The number of furan rings is 1. The molecule has 0 bridgehead atoms. The lowest BCUT2D eigenvalue weighted by molar-refractivity contribution is 0.477. The molecule has 55 heavy (non-hydrogen) atoms. The zero-order valence-corrected chi connectivity index (χ0v) is 32.1. The van der Waals surface area contributed by atoms with E-state index < -0.39 is 0 Å². The van der Waals surface area contributed by atoms with Crippen molar-refractivity contribution in [1.82, 2.24) is 14.4 Å². The fraction of sp³-hybridized carbons (Fsp3) is 0.160. The molecular formula is C50H43N3O2. The fourth-order valence-electron chi connectivity index (χ4n) is 7.55. The summed E-state index contributed by atoms with van der Waals surface area (Å²) in [6.07, 6.45) is 2.06. The van der Waals surface area contributed by atoms with Crippen molar-refractivity contribution in [1.29, 1.82) is 0 Å². The van der Waals surface area contributed by atoms with Gasteiger partial charge in [-0.05, 0) is 87.7 Å². The Kier molecular flexibility index (Phi) is 8.01. The molecule has 0 fully saturated rings. The van der Waals surface area contributed by atoms with Crippen LogP contribution in [-0.2, 0) is 10.8 Å². The topological polar surface area (TPSA) is 63.6 Å². The normalized spacial score (nSPS) is 12.3. The Hall–Kier alpha value is -6.46. The maximum absolute atomic E-state index is 11.1. The van der Waals surface area contributed by atoms with Crippen molar-refractivity contribution in [3.63, 3.8) is 0 Å². The summed E-state index contributed by atoms with van der Waals surface area (Å²) in [4.78, 5) is 10.5. The molecule has 5 heteroatoms. The zero-order valence-electron chi connectivity index (χ0n) is 32.1. The molecule has 0 aliphatic carbocycles. The molecule has 1 N–H and O–H groups in total. The molecule has 0 unspecified atom stereocenters.